The van der Waals surface area contributed by atoms with E-state index < -0.39 is 11.9 Å². The first-order valence-electron chi connectivity index (χ1n) is 9.92. The smallest absolute Gasteiger partial charge is 0.272 e. The number of halogens is 1. The highest BCUT2D eigenvalue weighted by Gasteiger charge is 2.40. The summed E-state index contributed by atoms with van der Waals surface area (Å²) >= 11 is 0. The number of primary amides is 1. The number of nitrogens with zero attached hydrogens (tertiary/aromatic N) is 4. The maximum atomic E-state index is 14.0. The van der Waals surface area contributed by atoms with E-state index in [1.54, 1.807) is 16.7 Å². The summed E-state index contributed by atoms with van der Waals surface area (Å²) in [5, 5.41) is 6.35. The molecule has 158 valence electrons. The third-order valence-electron chi connectivity index (χ3n) is 5.88. The fourth-order valence-electron chi connectivity index (χ4n) is 4.41. The number of aryl methyl sites for hydroxylation is 1. The highest BCUT2D eigenvalue weighted by atomic mass is 19.1. The van der Waals surface area contributed by atoms with Gasteiger partial charge in [0, 0.05) is 37.9 Å². The lowest BCUT2D eigenvalue weighted by Gasteiger charge is -2.29. The van der Waals surface area contributed by atoms with Crippen molar-refractivity contribution in [1.29, 1.82) is 0 Å². The molecule has 2 aromatic rings. The Morgan fingerprint density at radius 3 is 2.73 bits per heavy atom. The molecule has 2 fully saturated rings. The van der Waals surface area contributed by atoms with Gasteiger partial charge in [0.1, 0.15) is 5.69 Å². The van der Waals surface area contributed by atoms with Crippen LogP contribution in [-0.2, 0) is 0 Å². The van der Waals surface area contributed by atoms with E-state index >= 15 is 0 Å². The van der Waals surface area contributed by atoms with E-state index in [4.69, 9.17) is 5.73 Å². The van der Waals surface area contributed by atoms with Crippen LogP contribution in [0.25, 0.3) is 0 Å². The molecule has 2 aromatic heterocycles. The van der Waals surface area contributed by atoms with Crippen LogP contribution in [0, 0.1) is 18.8 Å². The quantitative estimate of drug-likeness (QED) is 0.725. The average Bonchev–Trinajstić information content (AvgIpc) is 3.47. The molecular formula is C20H23FN6O3. The van der Waals surface area contributed by atoms with Crippen LogP contribution in [0.3, 0.4) is 0 Å². The molecule has 2 unspecified atom stereocenters. The summed E-state index contributed by atoms with van der Waals surface area (Å²) in [6, 6.07) is 2.84. The van der Waals surface area contributed by atoms with Gasteiger partial charge < -0.3 is 15.5 Å². The first-order valence-corrected chi connectivity index (χ1v) is 9.92. The van der Waals surface area contributed by atoms with E-state index in [9.17, 15) is 18.8 Å². The van der Waals surface area contributed by atoms with E-state index in [1.807, 2.05) is 0 Å². The molecule has 2 aliphatic rings. The van der Waals surface area contributed by atoms with Crippen LogP contribution >= 0.6 is 0 Å². The molecule has 4 heterocycles. The number of likely N-dealkylation sites (tertiary alicyclic amines) is 2. The topological polar surface area (TPSA) is 125 Å². The van der Waals surface area contributed by atoms with Crippen LogP contribution in [0.4, 0.5) is 4.39 Å². The van der Waals surface area contributed by atoms with Gasteiger partial charge in [0.05, 0.1) is 5.56 Å². The van der Waals surface area contributed by atoms with Gasteiger partial charge in [-0.1, -0.05) is 0 Å². The molecule has 2 aliphatic heterocycles. The highest BCUT2D eigenvalue weighted by molar-refractivity contribution is 5.97. The highest BCUT2D eigenvalue weighted by Crippen LogP contribution is 2.32. The van der Waals surface area contributed by atoms with E-state index in [0.29, 0.717) is 19.6 Å². The molecule has 2 saturated heterocycles. The number of nitrogens with two attached hydrogens (primary N) is 1. The predicted molar refractivity (Wildman–Crippen MR) is 104 cm³/mol. The van der Waals surface area contributed by atoms with Crippen molar-refractivity contribution in [3.63, 3.8) is 0 Å². The van der Waals surface area contributed by atoms with Gasteiger partial charge in [-0.15, -0.1) is 0 Å². The lowest BCUT2D eigenvalue weighted by atomic mass is 9.96. The Morgan fingerprint density at radius 2 is 2.00 bits per heavy atom. The van der Waals surface area contributed by atoms with Crippen molar-refractivity contribution in [3.05, 3.63) is 46.8 Å². The van der Waals surface area contributed by atoms with Crippen molar-refractivity contribution in [1.82, 2.24) is 25.0 Å². The molecule has 4 rings (SSSR count). The zero-order chi connectivity index (χ0) is 21.4. The molecule has 10 heteroatoms. The van der Waals surface area contributed by atoms with Crippen LogP contribution in [-0.4, -0.2) is 68.4 Å². The molecule has 0 spiro atoms. The third-order valence-corrected chi connectivity index (χ3v) is 5.88. The molecule has 30 heavy (non-hydrogen) atoms. The lowest BCUT2D eigenvalue weighted by molar-refractivity contribution is 0.0675. The van der Waals surface area contributed by atoms with Crippen LogP contribution in [0.5, 0.6) is 0 Å². The molecule has 2 atom stereocenters. The van der Waals surface area contributed by atoms with Crippen molar-refractivity contribution < 1.29 is 18.8 Å². The minimum Gasteiger partial charge on any atom is -0.364 e. The third kappa shape index (κ3) is 3.64. The Kier molecular flexibility index (Phi) is 5.23. The van der Waals surface area contributed by atoms with Crippen LogP contribution in [0.2, 0.25) is 0 Å². The van der Waals surface area contributed by atoms with Gasteiger partial charge in [0.15, 0.2) is 5.69 Å². The molecule has 3 N–H and O–H groups in total. The summed E-state index contributed by atoms with van der Waals surface area (Å²) in [6.07, 6.45) is 3.81. The van der Waals surface area contributed by atoms with Gasteiger partial charge in [0.25, 0.3) is 17.7 Å². The number of hydrogen-bond acceptors (Lipinski definition) is 5. The lowest BCUT2D eigenvalue weighted by Crippen LogP contribution is -2.41. The summed E-state index contributed by atoms with van der Waals surface area (Å²) in [7, 11) is 0. The number of rotatable bonds is 4. The van der Waals surface area contributed by atoms with Crippen molar-refractivity contribution >= 4 is 17.7 Å². The van der Waals surface area contributed by atoms with Crippen LogP contribution in [0.1, 0.15) is 56.2 Å². The zero-order valence-corrected chi connectivity index (χ0v) is 16.6. The van der Waals surface area contributed by atoms with E-state index in [-0.39, 0.29) is 40.7 Å². The number of aromatic nitrogens is 3. The first kappa shape index (κ1) is 20.0. The van der Waals surface area contributed by atoms with Gasteiger partial charge in [-0.3, -0.25) is 19.5 Å². The van der Waals surface area contributed by atoms with Gasteiger partial charge in [0.2, 0.25) is 5.95 Å². The summed E-state index contributed by atoms with van der Waals surface area (Å²) in [5.74, 6) is -1.99. The van der Waals surface area contributed by atoms with Crippen molar-refractivity contribution in [2.24, 2.45) is 11.7 Å². The number of carbonyl (C=O) groups excluding carboxylic acids is 3. The maximum absolute atomic E-state index is 14.0. The van der Waals surface area contributed by atoms with E-state index in [1.165, 1.54) is 18.3 Å². The van der Waals surface area contributed by atoms with E-state index in [0.717, 1.165) is 24.8 Å². The second kappa shape index (κ2) is 7.85. The van der Waals surface area contributed by atoms with E-state index in [2.05, 4.69) is 15.2 Å². The van der Waals surface area contributed by atoms with Gasteiger partial charge in [-0.2, -0.15) is 9.49 Å². The van der Waals surface area contributed by atoms with Crippen LogP contribution < -0.4 is 5.73 Å². The van der Waals surface area contributed by atoms with Crippen molar-refractivity contribution in [3.8, 4) is 0 Å². The van der Waals surface area contributed by atoms with Gasteiger partial charge in [-0.05, 0) is 43.7 Å². The largest absolute Gasteiger partial charge is 0.364 e. The molecular weight excluding hydrogens is 391 g/mol. The normalized spacial score (nSPS) is 21.3. The van der Waals surface area contributed by atoms with Crippen LogP contribution in [0.15, 0.2) is 18.3 Å². The minimum atomic E-state index is -0.767. The molecule has 0 saturated carbocycles. The summed E-state index contributed by atoms with van der Waals surface area (Å²) in [6.45, 7) is 3.31. The predicted octanol–water partition coefficient (Wildman–Crippen LogP) is 1.12. The zero-order valence-electron chi connectivity index (χ0n) is 16.6. The minimum absolute atomic E-state index is 0.0144. The molecule has 0 bridgehead atoms. The Balaban J connectivity index is 1.46. The molecule has 0 aromatic carbocycles. The molecule has 0 radical (unpaired) electrons. The van der Waals surface area contributed by atoms with Gasteiger partial charge >= 0.3 is 0 Å². The number of pyridine rings is 1. The first-order chi connectivity index (χ1) is 14.3. The average molecular weight is 414 g/mol. The second-order valence-corrected chi connectivity index (χ2v) is 7.89. The maximum Gasteiger partial charge on any atom is 0.272 e. The monoisotopic (exact) mass is 414 g/mol. The number of nitrogens with one attached hydrogen (secondary N) is 1. The van der Waals surface area contributed by atoms with Crippen molar-refractivity contribution in [2.75, 3.05) is 19.6 Å². The Morgan fingerprint density at radius 1 is 1.20 bits per heavy atom. The number of amides is 3. The Labute approximate surface area is 172 Å². The number of H-pyrrole nitrogens is 1. The van der Waals surface area contributed by atoms with Crippen molar-refractivity contribution in [2.45, 2.75) is 32.2 Å². The SMILES string of the molecule is Cc1cnc(F)c(C(=O)N2CCC(C3CCCN3C(=O)c3cc(C(N)=O)n[nH]3)C2)c1. The fourth-order valence-corrected chi connectivity index (χ4v) is 4.41. The summed E-state index contributed by atoms with van der Waals surface area (Å²) < 4.78 is 14.0. The fraction of sp³-hybridized carbons (Fsp3) is 0.450. The Bertz CT molecular complexity index is 1010. The molecule has 0 aliphatic carbocycles. The number of hydrogen-bond donors (Lipinski definition) is 2. The number of aromatic amines is 1. The summed E-state index contributed by atoms with van der Waals surface area (Å²) in [5.41, 5.74) is 6.13. The summed E-state index contributed by atoms with van der Waals surface area (Å²) in [4.78, 5) is 44.0. The number of carbonyl (C=O) groups is 3. The van der Waals surface area contributed by atoms with Gasteiger partial charge in [-0.25, -0.2) is 4.98 Å². The Hall–Kier alpha value is -3.30. The standard InChI is InChI=1S/C20H23FN6O3/c1-11-7-13(17(21)23-9-11)19(29)26-6-4-12(10-26)16-3-2-5-27(16)20(30)15-8-14(18(22)28)24-25-15/h7-9,12,16H,2-6,10H2,1H3,(H2,22,28)(H,24,25). The molecule has 3 amide bonds. The second-order valence-electron chi connectivity index (χ2n) is 7.89. The molecule has 9 nitrogen and oxygen atoms in total.